The van der Waals surface area contributed by atoms with E-state index in [1.54, 1.807) is 12.1 Å². The van der Waals surface area contributed by atoms with E-state index in [-0.39, 0.29) is 37.2 Å². The van der Waals surface area contributed by atoms with Gasteiger partial charge in [0.1, 0.15) is 24.9 Å². The summed E-state index contributed by atoms with van der Waals surface area (Å²) in [6.45, 7) is 3.12. The molecule has 0 aliphatic carbocycles. The maximum atomic E-state index is 12.0. The molecule has 3 rings (SSSR count). The first-order valence-electron chi connectivity index (χ1n) is 9.44. The third-order valence-electron chi connectivity index (χ3n) is 4.67. The summed E-state index contributed by atoms with van der Waals surface area (Å²) in [5.41, 5.74) is 0.546. The number of carbonyl (C=O) groups excluding carboxylic acids is 1. The third-order valence-corrected chi connectivity index (χ3v) is 4.67. The lowest BCUT2D eigenvalue weighted by Gasteiger charge is -2.18. The molecular weight excluding hydrogens is 320 g/mol. The topological polar surface area (TPSA) is 57.3 Å². The van der Waals surface area contributed by atoms with Crippen molar-refractivity contribution in [3.63, 3.8) is 0 Å². The Labute approximate surface area is 149 Å². The Morgan fingerprint density at radius 3 is 2.56 bits per heavy atom. The summed E-state index contributed by atoms with van der Waals surface area (Å²) >= 11 is 0. The van der Waals surface area contributed by atoms with Gasteiger partial charge in [-0.05, 0) is 18.6 Å². The number of esters is 1. The Hall–Kier alpha value is -1.43. The molecular formula is C20H28O5. The Bertz CT molecular complexity index is 532. The zero-order valence-corrected chi connectivity index (χ0v) is 14.9. The molecule has 0 saturated carbocycles. The van der Waals surface area contributed by atoms with Crippen LogP contribution in [0.1, 0.15) is 55.8 Å². The van der Waals surface area contributed by atoms with Crippen LogP contribution >= 0.6 is 0 Å². The van der Waals surface area contributed by atoms with Crippen LogP contribution in [0.4, 0.5) is 0 Å². The lowest BCUT2D eigenvalue weighted by atomic mass is 10.1. The first-order valence-corrected chi connectivity index (χ1v) is 9.44. The maximum absolute atomic E-state index is 12.0. The van der Waals surface area contributed by atoms with Gasteiger partial charge in [-0.15, -0.1) is 0 Å². The summed E-state index contributed by atoms with van der Waals surface area (Å²) in [6.07, 6.45) is 6.85. The summed E-state index contributed by atoms with van der Waals surface area (Å²) in [4.78, 5) is 12.0. The average molecular weight is 348 g/mol. The minimum atomic E-state index is -0.335. The minimum absolute atomic E-state index is 0.000480. The standard InChI is InChI=1S/C20H28O5/c1-2-3-4-5-6-10-13-22-20-18-17(25-18)16(24-20)14-23-19(21)15-11-8-7-9-12-15/h7-9,11-12,16-18,20H,2-6,10,13-14H2,1H3/t16-,17+,18+,20?/m1/s1. The molecule has 0 spiro atoms. The molecule has 25 heavy (non-hydrogen) atoms. The summed E-state index contributed by atoms with van der Waals surface area (Å²) in [6, 6.07) is 8.97. The fourth-order valence-electron chi connectivity index (χ4n) is 3.15. The maximum Gasteiger partial charge on any atom is 0.338 e. The summed E-state index contributed by atoms with van der Waals surface area (Å²) < 4.78 is 22.6. The van der Waals surface area contributed by atoms with Crippen molar-refractivity contribution in [1.29, 1.82) is 0 Å². The number of hydrogen-bond donors (Lipinski definition) is 0. The quantitative estimate of drug-likeness (QED) is 0.347. The Morgan fingerprint density at radius 2 is 1.76 bits per heavy atom. The molecule has 138 valence electrons. The highest BCUT2D eigenvalue weighted by atomic mass is 16.8. The normalized spacial score (nSPS) is 27.1. The average Bonchev–Trinajstić information content (AvgIpc) is 3.37. The zero-order chi connectivity index (χ0) is 17.5. The van der Waals surface area contributed by atoms with Gasteiger partial charge in [0.2, 0.25) is 0 Å². The van der Waals surface area contributed by atoms with Crippen LogP contribution in [0.3, 0.4) is 0 Å². The fourth-order valence-corrected chi connectivity index (χ4v) is 3.15. The van der Waals surface area contributed by atoms with Crippen molar-refractivity contribution in [3.8, 4) is 0 Å². The Morgan fingerprint density at radius 1 is 1.00 bits per heavy atom. The van der Waals surface area contributed by atoms with E-state index in [2.05, 4.69) is 6.92 Å². The second kappa shape index (κ2) is 9.32. The zero-order valence-electron chi connectivity index (χ0n) is 14.9. The molecule has 2 aliphatic rings. The van der Waals surface area contributed by atoms with Crippen LogP contribution < -0.4 is 0 Å². The first kappa shape index (κ1) is 18.4. The monoisotopic (exact) mass is 348 g/mol. The molecule has 4 atom stereocenters. The first-order chi connectivity index (χ1) is 12.3. The van der Waals surface area contributed by atoms with Gasteiger partial charge >= 0.3 is 5.97 Å². The molecule has 0 radical (unpaired) electrons. The Kier molecular flexibility index (Phi) is 6.84. The van der Waals surface area contributed by atoms with Crippen LogP contribution in [0.25, 0.3) is 0 Å². The molecule has 5 heteroatoms. The highest BCUT2D eigenvalue weighted by Crippen LogP contribution is 2.40. The smallest absolute Gasteiger partial charge is 0.338 e. The van der Waals surface area contributed by atoms with E-state index in [0.717, 1.165) is 6.42 Å². The minimum Gasteiger partial charge on any atom is -0.459 e. The van der Waals surface area contributed by atoms with Crippen LogP contribution in [-0.2, 0) is 18.9 Å². The molecule has 2 fully saturated rings. The van der Waals surface area contributed by atoms with E-state index in [1.807, 2.05) is 18.2 Å². The molecule has 0 amide bonds. The summed E-state index contributed by atoms with van der Waals surface area (Å²) in [5, 5.41) is 0. The van der Waals surface area contributed by atoms with E-state index in [4.69, 9.17) is 18.9 Å². The van der Waals surface area contributed by atoms with Gasteiger partial charge in [0.15, 0.2) is 6.29 Å². The highest BCUT2D eigenvalue weighted by molar-refractivity contribution is 5.89. The van der Waals surface area contributed by atoms with E-state index >= 15 is 0 Å². The number of unbranched alkanes of at least 4 members (excludes halogenated alkanes) is 5. The van der Waals surface area contributed by atoms with Crippen molar-refractivity contribution >= 4 is 5.97 Å². The number of ether oxygens (including phenoxy) is 4. The molecule has 0 N–H and O–H groups in total. The lowest BCUT2D eigenvalue weighted by Crippen LogP contribution is -2.27. The molecule has 1 aromatic carbocycles. The van der Waals surface area contributed by atoms with Crippen molar-refractivity contribution in [3.05, 3.63) is 35.9 Å². The van der Waals surface area contributed by atoms with Crippen molar-refractivity contribution < 1.29 is 23.7 Å². The number of hydrogen-bond acceptors (Lipinski definition) is 5. The van der Waals surface area contributed by atoms with Gasteiger partial charge in [0.25, 0.3) is 0 Å². The predicted molar refractivity (Wildman–Crippen MR) is 93.4 cm³/mol. The predicted octanol–water partition coefficient (Wildman–Crippen LogP) is 3.71. The van der Waals surface area contributed by atoms with Crippen molar-refractivity contribution in [2.24, 2.45) is 0 Å². The highest BCUT2D eigenvalue weighted by Gasteiger charge is 2.59. The van der Waals surface area contributed by atoms with Crippen LogP contribution in [0.15, 0.2) is 30.3 Å². The molecule has 2 saturated heterocycles. The van der Waals surface area contributed by atoms with E-state index in [9.17, 15) is 4.79 Å². The summed E-state index contributed by atoms with van der Waals surface area (Å²) in [7, 11) is 0. The lowest BCUT2D eigenvalue weighted by molar-refractivity contribution is -0.180. The second-order valence-electron chi connectivity index (χ2n) is 6.71. The second-order valence-corrected chi connectivity index (χ2v) is 6.71. The molecule has 2 aliphatic heterocycles. The fraction of sp³-hybridized carbons (Fsp3) is 0.650. The van der Waals surface area contributed by atoms with Crippen LogP contribution in [0, 0.1) is 0 Å². The van der Waals surface area contributed by atoms with E-state index in [1.165, 1.54) is 32.1 Å². The van der Waals surface area contributed by atoms with Gasteiger partial charge in [-0.25, -0.2) is 4.79 Å². The molecule has 0 bridgehead atoms. The van der Waals surface area contributed by atoms with Crippen LogP contribution in [0.5, 0.6) is 0 Å². The van der Waals surface area contributed by atoms with Crippen LogP contribution in [-0.4, -0.2) is 43.8 Å². The number of epoxide rings is 1. The van der Waals surface area contributed by atoms with Gasteiger partial charge in [-0.2, -0.15) is 0 Å². The summed E-state index contributed by atoms with van der Waals surface area (Å²) in [5.74, 6) is -0.335. The molecule has 0 aromatic heterocycles. The third kappa shape index (κ3) is 5.27. The SMILES string of the molecule is CCCCCCCCOC1O[C@H](COC(=O)c2ccccc2)[C@@H]2O[C@H]12. The van der Waals surface area contributed by atoms with Crippen molar-refractivity contribution in [2.45, 2.75) is 70.1 Å². The molecule has 5 nitrogen and oxygen atoms in total. The number of fused-ring (bicyclic) bond motifs is 1. The van der Waals surface area contributed by atoms with Gasteiger partial charge in [0.05, 0.1) is 5.56 Å². The van der Waals surface area contributed by atoms with Crippen molar-refractivity contribution in [1.82, 2.24) is 0 Å². The molecule has 1 aromatic rings. The van der Waals surface area contributed by atoms with Gasteiger partial charge in [0, 0.05) is 6.61 Å². The molecule has 1 unspecified atom stereocenters. The van der Waals surface area contributed by atoms with Crippen molar-refractivity contribution in [2.75, 3.05) is 13.2 Å². The Balaban J connectivity index is 1.30. The largest absolute Gasteiger partial charge is 0.459 e. The van der Waals surface area contributed by atoms with Gasteiger partial charge in [-0.1, -0.05) is 57.2 Å². The number of benzene rings is 1. The van der Waals surface area contributed by atoms with Crippen LogP contribution in [0.2, 0.25) is 0 Å². The molecule has 2 heterocycles. The van der Waals surface area contributed by atoms with E-state index in [0.29, 0.717) is 12.2 Å². The van der Waals surface area contributed by atoms with Gasteiger partial charge in [-0.3, -0.25) is 0 Å². The van der Waals surface area contributed by atoms with E-state index < -0.39 is 0 Å². The van der Waals surface area contributed by atoms with Gasteiger partial charge < -0.3 is 18.9 Å². The number of rotatable bonds is 11. The number of carbonyl (C=O) groups is 1.